The van der Waals surface area contributed by atoms with Crippen LogP contribution in [0.5, 0.6) is 0 Å². The van der Waals surface area contributed by atoms with Crippen LogP contribution < -0.4 is 10.6 Å². The molecule has 0 aromatic heterocycles. The second-order valence-electron chi connectivity index (χ2n) is 4.01. The van der Waals surface area contributed by atoms with Crippen molar-refractivity contribution in [3.8, 4) is 0 Å². The summed E-state index contributed by atoms with van der Waals surface area (Å²) in [6.07, 6.45) is 1.64. The third-order valence-electron chi connectivity index (χ3n) is 2.65. The van der Waals surface area contributed by atoms with Crippen molar-refractivity contribution in [2.24, 2.45) is 4.99 Å². The second-order valence-corrected chi connectivity index (χ2v) is 4.01. The number of rotatable bonds is 2. The second kappa shape index (κ2) is 3.84. The summed E-state index contributed by atoms with van der Waals surface area (Å²) in [4.78, 5) is 14.6. The van der Waals surface area contributed by atoms with Gasteiger partial charge in [-0.05, 0) is 12.8 Å². The van der Waals surface area contributed by atoms with E-state index in [1.54, 1.807) is 0 Å². The molecule has 2 aliphatic rings. The smallest absolute Gasteiger partial charge is 0.264 e. The van der Waals surface area contributed by atoms with Crippen molar-refractivity contribution >= 4 is 12.1 Å². The minimum atomic E-state index is -2.58. The number of nitrogens with zero attached hydrogens (tertiary/aromatic N) is 1. The minimum absolute atomic E-state index is 0.0362. The SMILES string of the molecule is O=C1C=NC(NC2CCCC(F)(F)C2)N1. The molecule has 1 fully saturated rings. The number of alkyl halides is 2. The fourth-order valence-corrected chi connectivity index (χ4v) is 1.97. The Morgan fingerprint density at radius 2 is 2.40 bits per heavy atom. The van der Waals surface area contributed by atoms with Gasteiger partial charge in [0.25, 0.3) is 5.91 Å². The van der Waals surface area contributed by atoms with Gasteiger partial charge in [0.1, 0.15) is 0 Å². The molecule has 1 aliphatic heterocycles. The van der Waals surface area contributed by atoms with Crippen LogP contribution in [0.1, 0.15) is 25.7 Å². The van der Waals surface area contributed by atoms with Crippen LogP contribution >= 0.6 is 0 Å². The van der Waals surface area contributed by atoms with Crippen molar-refractivity contribution in [3.05, 3.63) is 0 Å². The van der Waals surface area contributed by atoms with Crippen LogP contribution in [-0.2, 0) is 4.79 Å². The van der Waals surface area contributed by atoms with E-state index in [0.717, 1.165) is 0 Å². The highest BCUT2D eigenvalue weighted by Crippen LogP contribution is 2.33. The average Bonchev–Trinajstić information content (AvgIpc) is 2.49. The van der Waals surface area contributed by atoms with E-state index in [-0.39, 0.29) is 24.8 Å². The molecular formula is C9H13F2N3O. The van der Waals surface area contributed by atoms with Gasteiger partial charge in [0, 0.05) is 18.9 Å². The van der Waals surface area contributed by atoms with Gasteiger partial charge >= 0.3 is 0 Å². The lowest BCUT2D eigenvalue weighted by Gasteiger charge is -2.30. The number of carbonyl (C=O) groups excluding carboxylic acids is 1. The van der Waals surface area contributed by atoms with Crippen LogP contribution in [0.2, 0.25) is 0 Å². The summed E-state index contributed by atoms with van der Waals surface area (Å²) in [6.45, 7) is 0. The van der Waals surface area contributed by atoms with E-state index in [1.165, 1.54) is 6.21 Å². The lowest BCUT2D eigenvalue weighted by molar-refractivity contribution is -0.114. The maximum absolute atomic E-state index is 13.0. The Hall–Kier alpha value is -1.04. The molecule has 1 amide bonds. The van der Waals surface area contributed by atoms with Gasteiger partial charge in [0.2, 0.25) is 5.92 Å². The predicted molar refractivity (Wildman–Crippen MR) is 50.8 cm³/mol. The number of hydrogen-bond donors (Lipinski definition) is 2. The average molecular weight is 217 g/mol. The number of hydrogen-bond acceptors (Lipinski definition) is 3. The van der Waals surface area contributed by atoms with E-state index in [9.17, 15) is 13.6 Å². The first kappa shape index (κ1) is 10.5. The van der Waals surface area contributed by atoms with Crippen molar-refractivity contribution in [2.75, 3.05) is 0 Å². The van der Waals surface area contributed by atoms with Crippen molar-refractivity contribution in [3.63, 3.8) is 0 Å². The van der Waals surface area contributed by atoms with Crippen molar-refractivity contribution < 1.29 is 13.6 Å². The maximum atomic E-state index is 13.0. The molecule has 1 saturated carbocycles. The highest BCUT2D eigenvalue weighted by molar-refractivity contribution is 6.27. The monoisotopic (exact) mass is 217 g/mol. The molecule has 6 heteroatoms. The third kappa shape index (κ3) is 2.71. The fourth-order valence-electron chi connectivity index (χ4n) is 1.97. The zero-order valence-electron chi connectivity index (χ0n) is 8.17. The van der Waals surface area contributed by atoms with Crippen molar-refractivity contribution in [2.45, 2.75) is 43.9 Å². The molecule has 1 aliphatic carbocycles. The Morgan fingerprint density at radius 1 is 1.60 bits per heavy atom. The molecule has 2 rings (SSSR count). The van der Waals surface area contributed by atoms with Gasteiger partial charge in [-0.1, -0.05) is 0 Å². The molecule has 0 bridgehead atoms. The summed E-state index contributed by atoms with van der Waals surface area (Å²) in [5, 5.41) is 5.41. The van der Waals surface area contributed by atoms with Gasteiger partial charge in [-0.25, -0.2) is 13.8 Å². The Labute approximate surface area is 86.1 Å². The van der Waals surface area contributed by atoms with Crippen LogP contribution in [0.15, 0.2) is 4.99 Å². The molecule has 84 valence electrons. The number of halogens is 2. The Kier molecular flexibility index (Phi) is 2.68. The Morgan fingerprint density at radius 3 is 3.00 bits per heavy atom. The quantitative estimate of drug-likeness (QED) is 0.713. The highest BCUT2D eigenvalue weighted by atomic mass is 19.3. The summed E-state index contributed by atoms with van der Waals surface area (Å²) in [7, 11) is 0. The van der Waals surface area contributed by atoms with E-state index < -0.39 is 12.2 Å². The molecule has 1 heterocycles. The van der Waals surface area contributed by atoms with E-state index >= 15 is 0 Å². The summed E-state index contributed by atoms with van der Waals surface area (Å²) >= 11 is 0. The third-order valence-corrected chi connectivity index (χ3v) is 2.65. The summed E-state index contributed by atoms with van der Waals surface area (Å²) in [6, 6.07) is -0.269. The Bertz CT molecular complexity index is 293. The van der Waals surface area contributed by atoms with E-state index in [4.69, 9.17) is 0 Å². The van der Waals surface area contributed by atoms with Crippen molar-refractivity contribution in [1.29, 1.82) is 0 Å². The Balaban J connectivity index is 1.84. The van der Waals surface area contributed by atoms with Crippen molar-refractivity contribution in [1.82, 2.24) is 10.6 Å². The molecule has 0 radical (unpaired) electrons. The topological polar surface area (TPSA) is 53.5 Å². The highest BCUT2D eigenvalue weighted by Gasteiger charge is 2.37. The molecule has 15 heavy (non-hydrogen) atoms. The molecular weight excluding hydrogens is 204 g/mol. The number of nitrogens with one attached hydrogen (secondary N) is 2. The maximum Gasteiger partial charge on any atom is 0.264 e. The lowest BCUT2D eigenvalue weighted by atomic mass is 9.92. The molecule has 2 N–H and O–H groups in total. The van der Waals surface area contributed by atoms with Gasteiger partial charge in [-0.3, -0.25) is 10.1 Å². The molecule has 0 spiro atoms. The number of aliphatic imine (C=N–C) groups is 1. The summed E-state index contributed by atoms with van der Waals surface area (Å²) < 4.78 is 26.1. The molecule has 0 aromatic rings. The van der Waals surface area contributed by atoms with Gasteiger partial charge < -0.3 is 5.32 Å². The summed E-state index contributed by atoms with van der Waals surface area (Å²) in [5.41, 5.74) is 0. The first-order chi connectivity index (χ1) is 7.05. The van der Waals surface area contributed by atoms with Crippen LogP contribution in [0.3, 0.4) is 0 Å². The van der Waals surface area contributed by atoms with Gasteiger partial charge in [-0.2, -0.15) is 0 Å². The van der Waals surface area contributed by atoms with Gasteiger partial charge in [0.15, 0.2) is 6.29 Å². The summed E-state index contributed by atoms with van der Waals surface area (Å²) in [5.74, 6) is -2.86. The molecule has 2 atom stereocenters. The van der Waals surface area contributed by atoms with Crippen LogP contribution in [-0.4, -0.2) is 30.4 Å². The van der Waals surface area contributed by atoms with E-state index in [2.05, 4.69) is 15.6 Å². The lowest BCUT2D eigenvalue weighted by Crippen LogP contribution is -2.48. The zero-order chi connectivity index (χ0) is 10.9. The van der Waals surface area contributed by atoms with Gasteiger partial charge in [-0.15, -0.1) is 0 Å². The normalized spacial score (nSPS) is 34.1. The first-order valence-corrected chi connectivity index (χ1v) is 5.03. The standard InChI is InChI=1S/C9H13F2N3O/c10-9(11)3-1-2-6(4-9)13-8-12-5-7(15)14-8/h5-6,8,13H,1-4H2,(H,14,15). The fraction of sp³-hybridized carbons (Fsp3) is 0.778. The minimum Gasteiger partial charge on any atom is -0.317 e. The van der Waals surface area contributed by atoms with Crippen LogP contribution in [0.4, 0.5) is 8.78 Å². The number of carbonyl (C=O) groups is 1. The molecule has 0 aromatic carbocycles. The van der Waals surface area contributed by atoms with Crippen LogP contribution in [0, 0.1) is 0 Å². The number of amides is 1. The largest absolute Gasteiger partial charge is 0.317 e. The van der Waals surface area contributed by atoms with E-state index in [0.29, 0.717) is 12.8 Å². The first-order valence-electron chi connectivity index (χ1n) is 5.03. The molecule has 0 saturated heterocycles. The predicted octanol–water partition coefficient (Wildman–Crippen LogP) is 0.638. The molecule has 2 unspecified atom stereocenters. The van der Waals surface area contributed by atoms with E-state index in [1.807, 2.05) is 0 Å². The van der Waals surface area contributed by atoms with Crippen LogP contribution in [0.25, 0.3) is 0 Å². The van der Waals surface area contributed by atoms with Gasteiger partial charge in [0.05, 0.1) is 6.21 Å². The molecule has 4 nitrogen and oxygen atoms in total. The zero-order valence-corrected chi connectivity index (χ0v) is 8.17.